The zero-order chi connectivity index (χ0) is 34.5. The van der Waals surface area contributed by atoms with Crippen LogP contribution in [0.15, 0.2) is 59.6 Å². The zero-order valence-corrected chi connectivity index (χ0v) is 25.5. The van der Waals surface area contributed by atoms with Crippen LogP contribution in [0.3, 0.4) is 0 Å². The Bertz CT molecular complexity index is 1480. The predicted molar refractivity (Wildman–Crippen MR) is 164 cm³/mol. The van der Waals surface area contributed by atoms with E-state index in [0.29, 0.717) is 36.9 Å². The quantitative estimate of drug-likeness (QED) is 0.0901. The summed E-state index contributed by atoms with van der Waals surface area (Å²) in [5.74, 6) is -3.94. The van der Waals surface area contributed by atoms with Crippen molar-refractivity contribution >= 4 is 39.6 Å². The number of carboxylic acids is 1. The van der Waals surface area contributed by atoms with Crippen molar-refractivity contribution in [3.63, 3.8) is 0 Å². The monoisotopic (exact) mass is 670 g/mol. The number of amidine groups is 1. The van der Waals surface area contributed by atoms with Gasteiger partial charge in [-0.3, -0.25) is 20.0 Å². The molecule has 0 spiro atoms. The number of amides is 2. The highest BCUT2D eigenvalue weighted by atomic mass is 32.2. The first kappa shape index (κ1) is 37.5. The van der Waals surface area contributed by atoms with Gasteiger partial charge in [-0.1, -0.05) is 54.6 Å². The number of alkyl halides is 3. The van der Waals surface area contributed by atoms with Crippen LogP contribution in [0.2, 0.25) is 0 Å². The Morgan fingerprint density at radius 3 is 2.20 bits per heavy atom. The maximum Gasteiger partial charge on any atom is 0.490 e. The third-order valence-electron chi connectivity index (χ3n) is 6.58. The van der Waals surface area contributed by atoms with Crippen molar-refractivity contribution in [3.05, 3.63) is 71.3 Å². The maximum absolute atomic E-state index is 13.6. The molecule has 1 heterocycles. The van der Waals surface area contributed by atoms with Crippen LogP contribution in [-0.2, 0) is 36.7 Å². The molecule has 0 aliphatic carbocycles. The Kier molecular flexibility index (Phi) is 13.9. The van der Waals surface area contributed by atoms with Crippen LogP contribution >= 0.6 is 0 Å². The maximum atomic E-state index is 13.6. The second kappa shape index (κ2) is 17.1. The highest BCUT2D eigenvalue weighted by molar-refractivity contribution is 7.88. The lowest BCUT2D eigenvalue weighted by Crippen LogP contribution is -2.53. The van der Waals surface area contributed by atoms with Crippen LogP contribution in [0.5, 0.6) is 0 Å². The van der Waals surface area contributed by atoms with Gasteiger partial charge in [-0.2, -0.15) is 13.2 Å². The number of carboxylic acid groups (broad SMARTS) is 1. The van der Waals surface area contributed by atoms with Crippen molar-refractivity contribution in [1.82, 2.24) is 14.9 Å². The molecule has 0 bridgehead atoms. The summed E-state index contributed by atoms with van der Waals surface area (Å²) < 4.78 is 60.2. The highest BCUT2D eigenvalue weighted by Gasteiger charge is 2.39. The fourth-order valence-electron chi connectivity index (χ4n) is 4.40. The normalized spacial score (nSPS) is 15.2. The molecule has 10 N–H and O–H groups in total. The number of rotatable bonds is 13. The largest absolute Gasteiger partial charge is 0.490 e. The molecule has 46 heavy (non-hydrogen) atoms. The van der Waals surface area contributed by atoms with Crippen LogP contribution in [0.4, 0.5) is 13.2 Å². The number of hydrogen-bond donors (Lipinski definition) is 7. The molecule has 18 heteroatoms. The van der Waals surface area contributed by atoms with Gasteiger partial charge in [0.1, 0.15) is 17.9 Å². The van der Waals surface area contributed by atoms with Crippen LogP contribution in [-0.4, -0.2) is 79.4 Å². The number of hydrogen-bond acceptors (Lipinski definition) is 7. The van der Waals surface area contributed by atoms with Crippen molar-refractivity contribution in [2.75, 3.05) is 13.1 Å². The fourth-order valence-corrected chi connectivity index (χ4v) is 5.77. The summed E-state index contributed by atoms with van der Waals surface area (Å²) in [6.07, 6.45) is -3.47. The van der Waals surface area contributed by atoms with Gasteiger partial charge in [-0.05, 0) is 36.8 Å². The van der Waals surface area contributed by atoms with E-state index in [9.17, 15) is 31.2 Å². The van der Waals surface area contributed by atoms with E-state index in [4.69, 9.17) is 32.5 Å². The van der Waals surface area contributed by atoms with Gasteiger partial charge in [0, 0.05) is 25.2 Å². The molecule has 0 saturated carbocycles. The van der Waals surface area contributed by atoms with E-state index >= 15 is 0 Å². The van der Waals surface area contributed by atoms with E-state index in [1.165, 1.54) is 4.90 Å². The molecule has 1 fully saturated rings. The van der Waals surface area contributed by atoms with E-state index in [-0.39, 0.29) is 43.0 Å². The smallest absolute Gasteiger partial charge is 0.475 e. The van der Waals surface area contributed by atoms with Crippen molar-refractivity contribution in [2.45, 2.75) is 56.2 Å². The Hall–Kier alpha value is -4.71. The molecule has 252 valence electrons. The molecule has 0 aromatic heterocycles. The number of sulfonamides is 1. The number of nitrogen functional groups attached to an aromatic ring is 1. The molecule has 0 unspecified atom stereocenters. The van der Waals surface area contributed by atoms with Gasteiger partial charge in [0.05, 0.1) is 5.75 Å². The number of carbonyl (C=O) groups is 3. The number of aliphatic carboxylic acids is 1. The van der Waals surface area contributed by atoms with Crippen molar-refractivity contribution in [2.24, 2.45) is 22.2 Å². The van der Waals surface area contributed by atoms with Gasteiger partial charge < -0.3 is 32.5 Å². The standard InChI is InChI=1S/C26H36N8O4S.C2HF3O2/c27-23(28)20-12-10-18(11-13-20)16-32-24(35)22-9-5-15-34(22)25(36)21(8-4-14-31-26(29)30)33-39(37,38)17-19-6-2-1-3-7-19;3-2(4,5)1(6)7/h1-3,6-7,10-13,21-22,33H,4-5,8-9,14-17H2,(H3,27,28)(H,32,35)(H4,29,30,31);(H,6,7)/t21-,22+;/m1./s1. The van der Waals surface area contributed by atoms with Crippen molar-refractivity contribution in [3.8, 4) is 0 Å². The number of likely N-dealkylation sites (tertiary alicyclic amines) is 1. The molecule has 1 aliphatic heterocycles. The number of halogens is 3. The Morgan fingerprint density at radius 1 is 1.04 bits per heavy atom. The third-order valence-corrected chi connectivity index (χ3v) is 7.93. The second-order valence-electron chi connectivity index (χ2n) is 10.2. The number of nitrogens with one attached hydrogen (secondary N) is 3. The van der Waals surface area contributed by atoms with Crippen molar-refractivity contribution < 1.29 is 41.1 Å². The summed E-state index contributed by atoms with van der Waals surface area (Å²) in [6.45, 7) is 0.815. The molecule has 2 aromatic rings. The van der Waals surface area contributed by atoms with Crippen molar-refractivity contribution in [1.29, 1.82) is 5.41 Å². The minimum absolute atomic E-state index is 0.0436. The molecular formula is C28H37F3N8O6S. The summed E-state index contributed by atoms with van der Waals surface area (Å²) >= 11 is 0. The lowest BCUT2D eigenvalue weighted by atomic mass is 10.1. The Morgan fingerprint density at radius 2 is 1.65 bits per heavy atom. The molecule has 0 radical (unpaired) electrons. The molecule has 1 aliphatic rings. The number of carbonyl (C=O) groups excluding carboxylic acids is 2. The lowest BCUT2D eigenvalue weighted by Gasteiger charge is -2.28. The van der Waals surface area contributed by atoms with E-state index in [1.54, 1.807) is 54.6 Å². The average molecular weight is 671 g/mol. The molecule has 14 nitrogen and oxygen atoms in total. The second-order valence-corrected chi connectivity index (χ2v) is 11.9. The predicted octanol–water partition coefficient (Wildman–Crippen LogP) is 0.753. The number of benzene rings is 2. The van der Waals surface area contributed by atoms with Crippen LogP contribution < -0.4 is 27.2 Å². The molecule has 2 atom stereocenters. The SMILES string of the molecule is N=C(N)c1ccc(CNC(=O)[C@@H]2CCCN2C(=O)[C@@H](CCCN=C(N)N)NS(=O)(=O)Cc2ccccc2)cc1.O=C(O)C(F)(F)F. The van der Waals surface area contributed by atoms with E-state index < -0.39 is 40.2 Å². The highest BCUT2D eigenvalue weighted by Crippen LogP contribution is 2.21. The first-order valence-corrected chi connectivity index (χ1v) is 15.6. The topological polar surface area (TPSA) is 247 Å². The van der Waals surface area contributed by atoms with Crippen LogP contribution in [0.1, 0.15) is 42.4 Å². The summed E-state index contributed by atoms with van der Waals surface area (Å²) in [7, 11) is -3.86. The minimum atomic E-state index is -5.08. The fraction of sp³-hybridized carbons (Fsp3) is 0.393. The average Bonchev–Trinajstić information content (AvgIpc) is 3.47. The van der Waals surface area contributed by atoms with Gasteiger partial charge in [0.25, 0.3) is 0 Å². The first-order valence-electron chi connectivity index (χ1n) is 13.9. The number of aliphatic imine (C=N–C) groups is 1. The summed E-state index contributed by atoms with van der Waals surface area (Å²) in [6, 6.07) is 13.8. The Balaban J connectivity index is 0.000000942. The zero-order valence-electron chi connectivity index (χ0n) is 24.7. The van der Waals surface area contributed by atoms with Gasteiger partial charge in [0.15, 0.2) is 5.96 Å². The molecular weight excluding hydrogens is 633 g/mol. The molecule has 3 rings (SSSR count). The molecule has 2 aromatic carbocycles. The molecule has 1 saturated heterocycles. The van der Waals surface area contributed by atoms with E-state index in [1.807, 2.05) is 0 Å². The summed E-state index contributed by atoms with van der Waals surface area (Å²) in [5, 5.41) is 17.5. The van der Waals surface area contributed by atoms with Crippen LogP contribution in [0.25, 0.3) is 0 Å². The van der Waals surface area contributed by atoms with Gasteiger partial charge in [-0.15, -0.1) is 0 Å². The number of guanidine groups is 1. The summed E-state index contributed by atoms with van der Waals surface area (Å²) in [4.78, 5) is 40.9. The van der Waals surface area contributed by atoms with E-state index in [0.717, 1.165) is 5.56 Å². The lowest BCUT2D eigenvalue weighted by molar-refractivity contribution is -0.192. The Labute approximate surface area is 263 Å². The van der Waals surface area contributed by atoms with Gasteiger partial charge in [-0.25, -0.2) is 17.9 Å². The van der Waals surface area contributed by atoms with Crippen LogP contribution in [0, 0.1) is 5.41 Å². The van der Waals surface area contributed by atoms with E-state index in [2.05, 4.69) is 15.0 Å². The first-order chi connectivity index (χ1) is 21.5. The summed E-state index contributed by atoms with van der Waals surface area (Å²) in [5.41, 5.74) is 18.2. The van der Waals surface area contributed by atoms with Gasteiger partial charge in [0.2, 0.25) is 21.8 Å². The number of nitrogens with two attached hydrogens (primary N) is 3. The minimum Gasteiger partial charge on any atom is -0.475 e. The third kappa shape index (κ3) is 12.7. The number of nitrogens with zero attached hydrogens (tertiary/aromatic N) is 2. The van der Waals surface area contributed by atoms with Gasteiger partial charge >= 0.3 is 12.1 Å². The molecule has 2 amide bonds.